The van der Waals surface area contributed by atoms with Crippen LogP contribution in [0.25, 0.3) is 0 Å². The molecule has 7 nitrogen and oxygen atoms in total. The Balaban J connectivity index is 1.28. The van der Waals surface area contributed by atoms with E-state index in [1.807, 2.05) is 13.1 Å². The standard InChI is InChI=1S/C21H31N5O2/c1-24(14-18-6-9-22-15-23-18)20(27)17-3-2-10-26(13-17)19-7-11-25(12-8-19)21(28)16-4-5-16/h6,9,15-17,19H,2-5,7-8,10-14H2,1H3/t17-/m1/s1. The number of nitrogens with zero attached hydrogens (tertiary/aromatic N) is 5. The van der Waals surface area contributed by atoms with Gasteiger partial charge in [0.1, 0.15) is 6.33 Å². The summed E-state index contributed by atoms with van der Waals surface area (Å²) in [6.07, 6.45) is 9.50. The molecule has 1 aromatic heterocycles. The van der Waals surface area contributed by atoms with Crippen molar-refractivity contribution in [3.63, 3.8) is 0 Å². The summed E-state index contributed by atoms with van der Waals surface area (Å²) in [5.41, 5.74) is 0.867. The van der Waals surface area contributed by atoms with Crippen LogP contribution in [-0.4, -0.2) is 75.8 Å². The second-order valence-corrected chi connectivity index (χ2v) is 8.56. The Labute approximate surface area is 167 Å². The maximum absolute atomic E-state index is 13.0. The number of aromatic nitrogens is 2. The fourth-order valence-electron chi connectivity index (χ4n) is 4.62. The number of piperidine rings is 2. The molecule has 3 heterocycles. The molecule has 3 aliphatic rings. The Bertz CT molecular complexity index is 685. The van der Waals surface area contributed by atoms with Gasteiger partial charge in [0.05, 0.1) is 18.2 Å². The number of likely N-dealkylation sites (tertiary alicyclic amines) is 2. The molecule has 0 bridgehead atoms. The number of hydrogen-bond donors (Lipinski definition) is 0. The zero-order valence-corrected chi connectivity index (χ0v) is 16.8. The third-order valence-electron chi connectivity index (χ3n) is 6.44. The number of rotatable bonds is 5. The van der Waals surface area contributed by atoms with Gasteiger partial charge in [-0.05, 0) is 51.1 Å². The van der Waals surface area contributed by atoms with E-state index in [0.29, 0.717) is 24.4 Å². The molecule has 3 fully saturated rings. The van der Waals surface area contributed by atoms with Crippen LogP contribution in [0.15, 0.2) is 18.6 Å². The minimum atomic E-state index is 0.0618. The lowest BCUT2D eigenvalue weighted by molar-refractivity contribution is -0.137. The van der Waals surface area contributed by atoms with Crippen molar-refractivity contribution < 1.29 is 9.59 Å². The highest BCUT2D eigenvalue weighted by molar-refractivity contribution is 5.81. The Morgan fingerprint density at radius 3 is 2.57 bits per heavy atom. The largest absolute Gasteiger partial charge is 0.342 e. The molecule has 0 aromatic carbocycles. The Kier molecular flexibility index (Phi) is 5.90. The first-order valence-corrected chi connectivity index (χ1v) is 10.6. The van der Waals surface area contributed by atoms with E-state index in [4.69, 9.17) is 0 Å². The van der Waals surface area contributed by atoms with Crippen LogP contribution in [0, 0.1) is 11.8 Å². The Morgan fingerprint density at radius 2 is 1.89 bits per heavy atom. The van der Waals surface area contributed by atoms with Crippen molar-refractivity contribution >= 4 is 11.8 Å². The highest BCUT2D eigenvalue weighted by Crippen LogP contribution is 2.32. The van der Waals surface area contributed by atoms with Crippen molar-refractivity contribution in [1.82, 2.24) is 24.7 Å². The van der Waals surface area contributed by atoms with Crippen molar-refractivity contribution in [2.45, 2.75) is 51.1 Å². The summed E-state index contributed by atoms with van der Waals surface area (Å²) in [4.78, 5) is 39.7. The Hall–Kier alpha value is -2.02. The van der Waals surface area contributed by atoms with E-state index in [9.17, 15) is 9.59 Å². The van der Waals surface area contributed by atoms with Crippen LogP contribution in [0.5, 0.6) is 0 Å². The Morgan fingerprint density at radius 1 is 1.11 bits per heavy atom. The average molecular weight is 386 g/mol. The molecule has 152 valence electrons. The van der Waals surface area contributed by atoms with Crippen molar-refractivity contribution in [2.75, 3.05) is 33.2 Å². The van der Waals surface area contributed by atoms with E-state index in [1.165, 1.54) is 6.33 Å². The minimum absolute atomic E-state index is 0.0618. The molecule has 0 radical (unpaired) electrons. The fraction of sp³-hybridized carbons (Fsp3) is 0.714. The molecule has 2 amide bonds. The number of carbonyl (C=O) groups is 2. The van der Waals surface area contributed by atoms with Crippen LogP contribution in [-0.2, 0) is 16.1 Å². The molecule has 1 saturated carbocycles. The summed E-state index contributed by atoms with van der Waals surface area (Å²) in [5.74, 6) is 0.965. The lowest BCUT2D eigenvalue weighted by atomic mass is 9.92. The van der Waals surface area contributed by atoms with Gasteiger partial charge in [0.15, 0.2) is 0 Å². The summed E-state index contributed by atoms with van der Waals surface area (Å²) in [7, 11) is 1.87. The van der Waals surface area contributed by atoms with Crippen LogP contribution in [0.3, 0.4) is 0 Å². The van der Waals surface area contributed by atoms with E-state index in [0.717, 1.165) is 70.4 Å². The van der Waals surface area contributed by atoms with Gasteiger partial charge in [0.2, 0.25) is 11.8 Å². The highest BCUT2D eigenvalue weighted by Gasteiger charge is 2.37. The van der Waals surface area contributed by atoms with E-state index >= 15 is 0 Å². The van der Waals surface area contributed by atoms with Crippen LogP contribution < -0.4 is 0 Å². The zero-order chi connectivity index (χ0) is 19.5. The molecule has 4 rings (SSSR count). The third kappa shape index (κ3) is 4.51. The molecule has 0 spiro atoms. The van der Waals surface area contributed by atoms with Crippen molar-refractivity contribution in [2.24, 2.45) is 11.8 Å². The summed E-state index contributed by atoms with van der Waals surface area (Å²) < 4.78 is 0. The molecule has 2 aliphatic heterocycles. The molecule has 28 heavy (non-hydrogen) atoms. The third-order valence-corrected chi connectivity index (χ3v) is 6.44. The van der Waals surface area contributed by atoms with Crippen LogP contribution >= 0.6 is 0 Å². The molecule has 2 saturated heterocycles. The normalized spacial score (nSPS) is 24.2. The minimum Gasteiger partial charge on any atom is -0.342 e. The van der Waals surface area contributed by atoms with Crippen LogP contribution in [0.2, 0.25) is 0 Å². The van der Waals surface area contributed by atoms with E-state index in [-0.39, 0.29) is 11.8 Å². The summed E-state index contributed by atoms with van der Waals surface area (Å²) in [5, 5.41) is 0. The summed E-state index contributed by atoms with van der Waals surface area (Å²) in [6, 6.07) is 2.36. The van der Waals surface area contributed by atoms with Gasteiger partial charge in [-0.2, -0.15) is 0 Å². The molecule has 7 heteroatoms. The summed E-state index contributed by atoms with van der Waals surface area (Å²) >= 11 is 0. The van der Waals surface area contributed by atoms with E-state index in [2.05, 4.69) is 19.8 Å². The van der Waals surface area contributed by atoms with E-state index < -0.39 is 0 Å². The first-order chi connectivity index (χ1) is 13.6. The summed E-state index contributed by atoms with van der Waals surface area (Å²) in [6.45, 7) is 4.19. The van der Waals surface area contributed by atoms with Crippen molar-refractivity contribution in [3.8, 4) is 0 Å². The fourth-order valence-corrected chi connectivity index (χ4v) is 4.62. The van der Waals surface area contributed by atoms with Crippen molar-refractivity contribution in [3.05, 3.63) is 24.3 Å². The predicted molar refractivity (Wildman–Crippen MR) is 105 cm³/mol. The van der Waals surface area contributed by atoms with Crippen molar-refractivity contribution in [1.29, 1.82) is 0 Å². The monoisotopic (exact) mass is 385 g/mol. The molecule has 1 aliphatic carbocycles. The maximum atomic E-state index is 13.0. The van der Waals surface area contributed by atoms with Gasteiger partial charge in [-0.15, -0.1) is 0 Å². The van der Waals surface area contributed by atoms with Gasteiger partial charge in [-0.25, -0.2) is 9.97 Å². The maximum Gasteiger partial charge on any atom is 0.227 e. The van der Waals surface area contributed by atoms with Gasteiger partial charge >= 0.3 is 0 Å². The molecule has 0 N–H and O–H groups in total. The van der Waals surface area contributed by atoms with Crippen LogP contribution in [0.4, 0.5) is 0 Å². The lowest BCUT2D eigenvalue weighted by Crippen LogP contribution is -2.51. The predicted octanol–water partition coefficient (Wildman–Crippen LogP) is 1.55. The number of hydrogen-bond acceptors (Lipinski definition) is 5. The van der Waals surface area contributed by atoms with Crippen LogP contribution in [0.1, 0.15) is 44.2 Å². The smallest absolute Gasteiger partial charge is 0.227 e. The first-order valence-electron chi connectivity index (χ1n) is 10.6. The van der Waals surface area contributed by atoms with E-state index in [1.54, 1.807) is 11.1 Å². The van der Waals surface area contributed by atoms with Gasteiger partial charge in [0.25, 0.3) is 0 Å². The van der Waals surface area contributed by atoms with Gasteiger partial charge in [-0.1, -0.05) is 0 Å². The molecule has 1 atom stereocenters. The average Bonchev–Trinajstić information content (AvgIpc) is 3.59. The SMILES string of the molecule is CN(Cc1ccncn1)C(=O)[C@@H]1CCCN(C2CCN(C(=O)C3CC3)CC2)C1. The van der Waals surface area contributed by atoms with Gasteiger partial charge in [-0.3, -0.25) is 14.5 Å². The molecular formula is C21H31N5O2. The number of amides is 2. The molecule has 1 aromatic rings. The molecular weight excluding hydrogens is 354 g/mol. The quantitative estimate of drug-likeness (QED) is 0.769. The van der Waals surface area contributed by atoms with Gasteiger partial charge < -0.3 is 9.80 Å². The molecule has 0 unspecified atom stereocenters. The number of carbonyl (C=O) groups excluding carboxylic acids is 2. The second kappa shape index (κ2) is 8.55. The zero-order valence-electron chi connectivity index (χ0n) is 16.8. The first kappa shape index (κ1) is 19.3. The second-order valence-electron chi connectivity index (χ2n) is 8.56. The van der Waals surface area contributed by atoms with Gasteiger partial charge in [0, 0.05) is 44.8 Å². The highest BCUT2D eigenvalue weighted by atomic mass is 16.2. The topological polar surface area (TPSA) is 69.6 Å². The lowest BCUT2D eigenvalue weighted by Gasteiger charge is -2.42.